The lowest BCUT2D eigenvalue weighted by atomic mass is 9.94. The number of piperidine rings is 1. The predicted octanol–water partition coefficient (Wildman–Crippen LogP) is 3.45. The Morgan fingerprint density at radius 2 is 1.50 bits per heavy atom. The van der Waals surface area contributed by atoms with Crippen molar-refractivity contribution < 1.29 is 9.90 Å². The number of amides is 1. The summed E-state index contributed by atoms with van der Waals surface area (Å²) >= 11 is 0. The van der Waals surface area contributed by atoms with E-state index in [1.165, 1.54) is 19.3 Å². The molecule has 1 aliphatic rings. The van der Waals surface area contributed by atoms with Gasteiger partial charge in [-0.1, -0.05) is 67.1 Å². The maximum Gasteiger partial charge on any atom is 0.229 e. The van der Waals surface area contributed by atoms with E-state index in [1.54, 1.807) is 0 Å². The normalized spacial score (nSPS) is 17.4. The van der Waals surface area contributed by atoms with E-state index in [2.05, 4.69) is 10.2 Å². The minimum Gasteiger partial charge on any atom is -0.369 e. The molecule has 0 aliphatic carbocycles. The Morgan fingerprint density at radius 1 is 0.923 bits per heavy atom. The molecule has 1 amide bonds. The van der Waals surface area contributed by atoms with Crippen molar-refractivity contribution in [2.24, 2.45) is 0 Å². The SMILES string of the molecule is O=C(NC(O)c1ccccc1)C(CCN1CCCCC1)c1ccccc1. The standard InChI is InChI=1S/C22H28N2O2/c25-21(19-12-6-2-7-13-19)23-22(26)20(18-10-4-1-5-11-18)14-17-24-15-8-3-9-16-24/h1-2,4-7,10-13,20-21,25H,3,8-9,14-17H2,(H,23,26). The first-order valence-electron chi connectivity index (χ1n) is 9.55. The average Bonchev–Trinajstić information content (AvgIpc) is 2.70. The van der Waals surface area contributed by atoms with Gasteiger partial charge in [0.15, 0.2) is 6.23 Å². The number of aliphatic hydroxyl groups is 1. The van der Waals surface area contributed by atoms with Gasteiger partial charge in [0.05, 0.1) is 5.92 Å². The molecule has 4 nitrogen and oxygen atoms in total. The molecule has 1 aliphatic heterocycles. The Kier molecular flexibility index (Phi) is 6.81. The van der Waals surface area contributed by atoms with Crippen molar-refractivity contribution in [3.8, 4) is 0 Å². The van der Waals surface area contributed by atoms with Crippen LogP contribution in [0.3, 0.4) is 0 Å². The summed E-state index contributed by atoms with van der Waals surface area (Å²) in [5.74, 6) is -0.374. The Morgan fingerprint density at radius 3 is 2.12 bits per heavy atom. The summed E-state index contributed by atoms with van der Waals surface area (Å²) in [5.41, 5.74) is 1.70. The van der Waals surface area contributed by atoms with Gasteiger partial charge in [-0.3, -0.25) is 4.79 Å². The summed E-state index contributed by atoms with van der Waals surface area (Å²) in [6, 6.07) is 19.1. The molecule has 0 bridgehead atoms. The molecule has 1 heterocycles. The number of likely N-dealkylation sites (tertiary alicyclic amines) is 1. The van der Waals surface area contributed by atoms with Crippen LogP contribution < -0.4 is 5.32 Å². The van der Waals surface area contributed by atoms with Gasteiger partial charge in [0.25, 0.3) is 0 Å². The molecule has 2 aromatic rings. The Bertz CT molecular complexity index is 669. The molecular formula is C22H28N2O2. The van der Waals surface area contributed by atoms with Crippen LogP contribution in [0.25, 0.3) is 0 Å². The summed E-state index contributed by atoms with van der Waals surface area (Å²) in [7, 11) is 0. The van der Waals surface area contributed by atoms with E-state index in [0.717, 1.165) is 31.6 Å². The van der Waals surface area contributed by atoms with Gasteiger partial charge in [-0.25, -0.2) is 0 Å². The van der Waals surface area contributed by atoms with Crippen LogP contribution in [0.2, 0.25) is 0 Å². The van der Waals surface area contributed by atoms with E-state index in [1.807, 2.05) is 60.7 Å². The summed E-state index contributed by atoms with van der Waals surface area (Å²) in [6.45, 7) is 3.15. The second-order valence-corrected chi connectivity index (χ2v) is 6.98. The largest absolute Gasteiger partial charge is 0.369 e. The molecule has 2 N–H and O–H groups in total. The van der Waals surface area contributed by atoms with Crippen LogP contribution in [0, 0.1) is 0 Å². The molecule has 1 saturated heterocycles. The highest BCUT2D eigenvalue weighted by Crippen LogP contribution is 2.23. The third-order valence-corrected chi connectivity index (χ3v) is 5.10. The topological polar surface area (TPSA) is 52.6 Å². The van der Waals surface area contributed by atoms with Crippen LogP contribution in [0.1, 0.15) is 49.0 Å². The zero-order valence-electron chi connectivity index (χ0n) is 15.2. The first kappa shape index (κ1) is 18.6. The van der Waals surface area contributed by atoms with Gasteiger partial charge in [0, 0.05) is 5.56 Å². The molecule has 0 aromatic heterocycles. The summed E-state index contributed by atoms with van der Waals surface area (Å²) in [6.07, 6.45) is 3.58. The van der Waals surface area contributed by atoms with Crippen molar-refractivity contribution in [3.63, 3.8) is 0 Å². The molecule has 26 heavy (non-hydrogen) atoms. The molecule has 2 atom stereocenters. The lowest BCUT2D eigenvalue weighted by Crippen LogP contribution is -2.36. The lowest BCUT2D eigenvalue weighted by Gasteiger charge is -2.28. The lowest BCUT2D eigenvalue weighted by molar-refractivity contribution is -0.126. The number of carbonyl (C=O) groups excluding carboxylic acids is 1. The van der Waals surface area contributed by atoms with Crippen molar-refractivity contribution in [1.29, 1.82) is 0 Å². The fourth-order valence-corrected chi connectivity index (χ4v) is 3.58. The van der Waals surface area contributed by atoms with Gasteiger partial charge in [-0.05, 0) is 44.5 Å². The Hall–Kier alpha value is -2.17. The summed E-state index contributed by atoms with van der Waals surface area (Å²) in [4.78, 5) is 15.4. The molecule has 0 saturated carbocycles. The number of rotatable bonds is 7. The van der Waals surface area contributed by atoms with E-state index in [4.69, 9.17) is 0 Å². The van der Waals surface area contributed by atoms with Crippen LogP contribution in [0.15, 0.2) is 60.7 Å². The van der Waals surface area contributed by atoms with Crippen molar-refractivity contribution >= 4 is 5.91 Å². The van der Waals surface area contributed by atoms with E-state index >= 15 is 0 Å². The van der Waals surface area contributed by atoms with Crippen LogP contribution >= 0.6 is 0 Å². The molecular weight excluding hydrogens is 324 g/mol. The summed E-state index contributed by atoms with van der Waals surface area (Å²) < 4.78 is 0. The first-order chi connectivity index (χ1) is 12.7. The smallest absolute Gasteiger partial charge is 0.229 e. The number of aliphatic hydroxyl groups excluding tert-OH is 1. The second-order valence-electron chi connectivity index (χ2n) is 6.98. The molecule has 4 heteroatoms. The van der Waals surface area contributed by atoms with Crippen LogP contribution in [-0.2, 0) is 4.79 Å². The maximum atomic E-state index is 12.9. The highest BCUT2D eigenvalue weighted by atomic mass is 16.3. The highest BCUT2D eigenvalue weighted by Gasteiger charge is 2.24. The number of hydrogen-bond donors (Lipinski definition) is 2. The van der Waals surface area contributed by atoms with E-state index < -0.39 is 6.23 Å². The number of nitrogens with one attached hydrogen (secondary N) is 1. The maximum absolute atomic E-state index is 12.9. The van der Waals surface area contributed by atoms with E-state index in [0.29, 0.717) is 5.56 Å². The average molecular weight is 352 g/mol. The molecule has 2 unspecified atom stereocenters. The quantitative estimate of drug-likeness (QED) is 0.751. The Labute approximate surface area is 155 Å². The zero-order valence-corrected chi connectivity index (χ0v) is 15.2. The van der Waals surface area contributed by atoms with Crippen molar-refractivity contribution in [2.45, 2.75) is 37.8 Å². The molecule has 138 valence electrons. The second kappa shape index (κ2) is 9.51. The molecule has 0 radical (unpaired) electrons. The third kappa shape index (κ3) is 5.16. The molecule has 1 fully saturated rings. The zero-order chi connectivity index (χ0) is 18.2. The van der Waals surface area contributed by atoms with Gasteiger partial charge in [-0.2, -0.15) is 0 Å². The van der Waals surface area contributed by atoms with E-state index in [9.17, 15) is 9.90 Å². The monoisotopic (exact) mass is 352 g/mol. The van der Waals surface area contributed by atoms with Crippen molar-refractivity contribution in [2.75, 3.05) is 19.6 Å². The summed E-state index contributed by atoms with van der Waals surface area (Å²) in [5, 5.41) is 13.1. The highest BCUT2D eigenvalue weighted by molar-refractivity contribution is 5.83. The van der Waals surface area contributed by atoms with Crippen LogP contribution in [0.5, 0.6) is 0 Å². The van der Waals surface area contributed by atoms with Crippen LogP contribution in [-0.4, -0.2) is 35.5 Å². The van der Waals surface area contributed by atoms with Crippen LogP contribution in [0.4, 0.5) is 0 Å². The predicted molar refractivity (Wildman–Crippen MR) is 104 cm³/mol. The van der Waals surface area contributed by atoms with Gasteiger partial charge in [0.1, 0.15) is 0 Å². The number of nitrogens with zero attached hydrogens (tertiary/aromatic N) is 1. The minimum atomic E-state index is -0.982. The van der Waals surface area contributed by atoms with Gasteiger partial charge >= 0.3 is 0 Å². The first-order valence-corrected chi connectivity index (χ1v) is 9.55. The number of carbonyl (C=O) groups is 1. The fourth-order valence-electron chi connectivity index (χ4n) is 3.58. The van der Waals surface area contributed by atoms with Gasteiger partial charge in [-0.15, -0.1) is 0 Å². The Balaban J connectivity index is 1.66. The number of hydrogen-bond acceptors (Lipinski definition) is 3. The number of benzene rings is 2. The minimum absolute atomic E-state index is 0.121. The molecule has 3 rings (SSSR count). The van der Waals surface area contributed by atoms with Gasteiger partial charge in [0.2, 0.25) is 5.91 Å². The fraction of sp³-hybridized carbons (Fsp3) is 0.409. The van der Waals surface area contributed by atoms with Crippen molar-refractivity contribution in [1.82, 2.24) is 10.2 Å². The van der Waals surface area contributed by atoms with Gasteiger partial charge < -0.3 is 15.3 Å². The third-order valence-electron chi connectivity index (χ3n) is 5.10. The molecule has 0 spiro atoms. The van der Waals surface area contributed by atoms with E-state index in [-0.39, 0.29) is 11.8 Å². The molecule has 2 aromatic carbocycles. The van der Waals surface area contributed by atoms with Crippen molar-refractivity contribution in [3.05, 3.63) is 71.8 Å².